The number of hydrogen-bond acceptors (Lipinski definition) is 3. The Kier molecular flexibility index (Phi) is 3.83. The van der Waals surface area contributed by atoms with Gasteiger partial charge in [-0.15, -0.1) is 0 Å². The van der Waals surface area contributed by atoms with Crippen molar-refractivity contribution in [3.63, 3.8) is 0 Å². The van der Waals surface area contributed by atoms with E-state index in [0.717, 1.165) is 19.4 Å². The third-order valence-corrected chi connectivity index (χ3v) is 2.30. The first-order valence-corrected chi connectivity index (χ1v) is 4.46. The molecule has 2 atom stereocenters. The van der Waals surface area contributed by atoms with E-state index in [2.05, 4.69) is 5.43 Å². The number of nitrogens with two attached hydrogens (primary N) is 1. The first-order chi connectivity index (χ1) is 5.38. The average Bonchev–Trinajstić information content (AvgIpc) is 2.06. The highest BCUT2D eigenvalue weighted by atomic mass is 16.5. The molecule has 2 unspecified atom stereocenters. The summed E-state index contributed by atoms with van der Waals surface area (Å²) in [7, 11) is 0. The average molecular weight is 158 g/mol. The third-order valence-electron chi connectivity index (χ3n) is 2.30. The van der Waals surface area contributed by atoms with Gasteiger partial charge >= 0.3 is 0 Å². The standard InChI is InChI=1S/C8H18N2O/c1-2-11-8-6-4-3-5-7(8)10-9/h7-8,10H,2-6,9H2,1H3. The van der Waals surface area contributed by atoms with Crippen molar-refractivity contribution in [2.45, 2.75) is 44.8 Å². The van der Waals surface area contributed by atoms with E-state index in [1.807, 2.05) is 6.92 Å². The molecule has 11 heavy (non-hydrogen) atoms. The van der Waals surface area contributed by atoms with E-state index in [1.54, 1.807) is 0 Å². The van der Waals surface area contributed by atoms with Gasteiger partial charge in [-0.05, 0) is 19.8 Å². The molecule has 0 bridgehead atoms. The fraction of sp³-hybridized carbons (Fsp3) is 1.00. The Bertz CT molecular complexity index is 106. The van der Waals surface area contributed by atoms with Crippen molar-refractivity contribution in [2.24, 2.45) is 5.84 Å². The molecular weight excluding hydrogens is 140 g/mol. The zero-order chi connectivity index (χ0) is 8.10. The van der Waals surface area contributed by atoms with Crippen LogP contribution in [-0.2, 0) is 4.74 Å². The Morgan fingerprint density at radius 3 is 2.82 bits per heavy atom. The Morgan fingerprint density at radius 1 is 1.45 bits per heavy atom. The minimum atomic E-state index is 0.346. The lowest BCUT2D eigenvalue weighted by Crippen LogP contribution is -2.46. The molecule has 3 nitrogen and oxygen atoms in total. The van der Waals surface area contributed by atoms with Crippen LogP contribution in [0, 0.1) is 0 Å². The minimum absolute atomic E-state index is 0.346. The van der Waals surface area contributed by atoms with E-state index in [9.17, 15) is 0 Å². The molecule has 0 spiro atoms. The lowest BCUT2D eigenvalue weighted by molar-refractivity contribution is 0.0124. The highest BCUT2D eigenvalue weighted by molar-refractivity contribution is 4.79. The van der Waals surface area contributed by atoms with Gasteiger partial charge in [-0.2, -0.15) is 0 Å². The molecule has 0 aromatic heterocycles. The topological polar surface area (TPSA) is 47.3 Å². The van der Waals surface area contributed by atoms with Gasteiger partial charge in [0.2, 0.25) is 0 Å². The van der Waals surface area contributed by atoms with E-state index in [0.29, 0.717) is 12.1 Å². The van der Waals surface area contributed by atoms with Crippen LogP contribution in [0.5, 0.6) is 0 Å². The summed E-state index contributed by atoms with van der Waals surface area (Å²) in [5, 5.41) is 0. The second-order valence-electron chi connectivity index (χ2n) is 3.05. The number of hydrazine groups is 1. The number of nitrogens with one attached hydrogen (secondary N) is 1. The van der Waals surface area contributed by atoms with Crippen LogP contribution in [0.1, 0.15) is 32.6 Å². The second kappa shape index (κ2) is 4.70. The van der Waals surface area contributed by atoms with Crippen LogP contribution in [0.4, 0.5) is 0 Å². The fourth-order valence-electron chi connectivity index (χ4n) is 1.70. The van der Waals surface area contributed by atoms with Crippen LogP contribution < -0.4 is 11.3 Å². The van der Waals surface area contributed by atoms with E-state index in [1.165, 1.54) is 12.8 Å². The molecule has 0 aromatic carbocycles. The quantitative estimate of drug-likeness (QED) is 0.471. The van der Waals surface area contributed by atoms with Crippen molar-refractivity contribution in [3.05, 3.63) is 0 Å². The van der Waals surface area contributed by atoms with Crippen LogP contribution in [0.25, 0.3) is 0 Å². The molecule has 0 radical (unpaired) electrons. The second-order valence-corrected chi connectivity index (χ2v) is 3.05. The van der Waals surface area contributed by atoms with Gasteiger partial charge in [-0.25, -0.2) is 0 Å². The predicted octanol–water partition coefficient (Wildman–Crippen LogP) is 0.797. The molecule has 3 N–H and O–H groups in total. The summed E-state index contributed by atoms with van der Waals surface area (Å²) in [5.41, 5.74) is 2.81. The van der Waals surface area contributed by atoms with Gasteiger partial charge < -0.3 is 4.74 Å². The van der Waals surface area contributed by atoms with Gasteiger partial charge in [0.25, 0.3) is 0 Å². The monoisotopic (exact) mass is 158 g/mol. The van der Waals surface area contributed by atoms with Gasteiger partial charge in [0.05, 0.1) is 6.10 Å². The van der Waals surface area contributed by atoms with Crippen LogP contribution in [-0.4, -0.2) is 18.8 Å². The molecule has 1 rings (SSSR count). The van der Waals surface area contributed by atoms with E-state index in [4.69, 9.17) is 10.6 Å². The molecule has 0 heterocycles. The van der Waals surface area contributed by atoms with Gasteiger partial charge in [0.1, 0.15) is 0 Å². The third kappa shape index (κ3) is 2.43. The zero-order valence-corrected chi connectivity index (χ0v) is 7.18. The summed E-state index contributed by atoms with van der Waals surface area (Å²) in [5.74, 6) is 5.39. The van der Waals surface area contributed by atoms with Gasteiger partial charge in [0, 0.05) is 12.6 Å². The number of hydrogen-bond donors (Lipinski definition) is 2. The van der Waals surface area contributed by atoms with Crippen LogP contribution in [0.3, 0.4) is 0 Å². The van der Waals surface area contributed by atoms with Crippen molar-refractivity contribution in [2.75, 3.05) is 6.61 Å². The summed E-state index contributed by atoms with van der Waals surface area (Å²) in [4.78, 5) is 0. The normalized spacial score (nSPS) is 32.2. The first-order valence-electron chi connectivity index (χ1n) is 4.46. The smallest absolute Gasteiger partial charge is 0.0741 e. The van der Waals surface area contributed by atoms with Gasteiger partial charge in [-0.1, -0.05) is 12.8 Å². The van der Waals surface area contributed by atoms with Crippen LogP contribution in [0.15, 0.2) is 0 Å². The van der Waals surface area contributed by atoms with Crippen LogP contribution >= 0.6 is 0 Å². The maximum atomic E-state index is 5.54. The molecule has 66 valence electrons. The Hall–Kier alpha value is -0.120. The lowest BCUT2D eigenvalue weighted by atomic mass is 9.93. The van der Waals surface area contributed by atoms with E-state index in [-0.39, 0.29) is 0 Å². The summed E-state index contributed by atoms with van der Waals surface area (Å²) in [6, 6.07) is 0.378. The first kappa shape index (κ1) is 8.97. The maximum absolute atomic E-state index is 5.54. The van der Waals surface area contributed by atoms with Gasteiger partial charge in [-0.3, -0.25) is 11.3 Å². The molecule has 0 saturated heterocycles. The van der Waals surface area contributed by atoms with Crippen LogP contribution in [0.2, 0.25) is 0 Å². The van der Waals surface area contributed by atoms with Gasteiger partial charge in [0.15, 0.2) is 0 Å². The van der Waals surface area contributed by atoms with E-state index >= 15 is 0 Å². The molecule has 1 aliphatic carbocycles. The molecular formula is C8H18N2O. The zero-order valence-electron chi connectivity index (χ0n) is 7.18. The van der Waals surface area contributed by atoms with Crippen molar-refractivity contribution in [3.8, 4) is 0 Å². The fourth-order valence-corrected chi connectivity index (χ4v) is 1.70. The van der Waals surface area contributed by atoms with Crippen molar-refractivity contribution in [1.82, 2.24) is 5.43 Å². The molecule has 0 aliphatic heterocycles. The molecule has 1 saturated carbocycles. The Labute approximate surface area is 68.3 Å². The summed E-state index contributed by atoms with van der Waals surface area (Å²) in [6.45, 7) is 2.82. The SMILES string of the molecule is CCOC1CCCCC1NN. The van der Waals surface area contributed by atoms with E-state index < -0.39 is 0 Å². The highest BCUT2D eigenvalue weighted by Gasteiger charge is 2.23. The molecule has 1 aliphatic rings. The molecule has 3 heteroatoms. The largest absolute Gasteiger partial charge is 0.377 e. The maximum Gasteiger partial charge on any atom is 0.0741 e. The summed E-state index contributed by atoms with van der Waals surface area (Å²) >= 11 is 0. The molecule has 0 aromatic rings. The summed E-state index contributed by atoms with van der Waals surface area (Å²) in [6.07, 6.45) is 5.21. The highest BCUT2D eigenvalue weighted by Crippen LogP contribution is 2.20. The van der Waals surface area contributed by atoms with Crippen molar-refractivity contribution in [1.29, 1.82) is 0 Å². The van der Waals surface area contributed by atoms with Crippen molar-refractivity contribution >= 4 is 0 Å². The Morgan fingerprint density at radius 2 is 2.18 bits per heavy atom. The minimum Gasteiger partial charge on any atom is -0.377 e. The van der Waals surface area contributed by atoms with Crippen molar-refractivity contribution < 1.29 is 4.74 Å². The molecule has 1 fully saturated rings. The number of ether oxygens (including phenoxy) is 1. The molecule has 0 amide bonds. The Balaban J connectivity index is 2.31. The summed E-state index contributed by atoms with van der Waals surface area (Å²) < 4.78 is 5.54. The lowest BCUT2D eigenvalue weighted by Gasteiger charge is -2.30. The predicted molar refractivity (Wildman–Crippen MR) is 45.0 cm³/mol. The number of rotatable bonds is 3.